The average molecular weight is 193 g/mol. The van der Waals surface area contributed by atoms with E-state index in [2.05, 4.69) is 4.98 Å². The van der Waals surface area contributed by atoms with Gasteiger partial charge >= 0.3 is 0 Å². The Balaban J connectivity index is 0.00000112. The number of ether oxygens (including phenoxy) is 1. The summed E-state index contributed by atoms with van der Waals surface area (Å²) in [6.45, 7) is 3.04. The standard InChI is InChI=1S/C10H13N3O.H2/c1-8-6-13-7-9(14-5-4-11)2-3-10(13)12-8;/h2-3,6-7H,4-5,11H2,1H3;1H. The van der Waals surface area contributed by atoms with Crippen molar-refractivity contribution in [1.29, 1.82) is 0 Å². The Morgan fingerprint density at radius 2 is 2.36 bits per heavy atom. The maximum absolute atomic E-state index is 5.40. The summed E-state index contributed by atoms with van der Waals surface area (Å²) in [7, 11) is 0. The zero-order valence-electron chi connectivity index (χ0n) is 8.10. The zero-order valence-corrected chi connectivity index (χ0v) is 8.10. The number of aromatic nitrogens is 2. The summed E-state index contributed by atoms with van der Waals surface area (Å²) in [6.07, 6.45) is 3.87. The number of hydrogen-bond donors (Lipinski definition) is 1. The third-order valence-corrected chi connectivity index (χ3v) is 1.93. The van der Waals surface area contributed by atoms with Gasteiger partial charge in [-0.1, -0.05) is 0 Å². The first-order valence-corrected chi connectivity index (χ1v) is 4.58. The fourth-order valence-electron chi connectivity index (χ4n) is 1.36. The zero-order chi connectivity index (χ0) is 9.97. The lowest BCUT2D eigenvalue weighted by Gasteiger charge is -2.03. The van der Waals surface area contributed by atoms with Crippen LogP contribution in [0.4, 0.5) is 0 Å². The number of pyridine rings is 1. The van der Waals surface area contributed by atoms with Gasteiger partial charge in [-0.2, -0.15) is 0 Å². The van der Waals surface area contributed by atoms with Gasteiger partial charge < -0.3 is 14.9 Å². The van der Waals surface area contributed by atoms with Gasteiger partial charge in [-0.3, -0.25) is 0 Å². The summed E-state index contributed by atoms with van der Waals surface area (Å²) in [5.41, 5.74) is 7.28. The SMILES string of the molecule is Cc1cn2cc(OCCN)ccc2n1.[HH]. The van der Waals surface area contributed by atoms with Gasteiger partial charge in [0.25, 0.3) is 0 Å². The van der Waals surface area contributed by atoms with Gasteiger partial charge in [-0.05, 0) is 19.1 Å². The smallest absolute Gasteiger partial charge is 0.137 e. The number of nitrogens with zero attached hydrogens (tertiary/aromatic N) is 2. The molecule has 0 radical (unpaired) electrons. The number of fused-ring (bicyclic) bond motifs is 1. The molecular weight excluding hydrogens is 178 g/mol. The molecule has 0 saturated carbocycles. The van der Waals surface area contributed by atoms with Crippen LogP contribution in [0.25, 0.3) is 5.65 Å². The normalized spacial score (nSPS) is 10.7. The van der Waals surface area contributed by atoms with E-state index < -0.39 is 0 Å². The van der Waals surface area contributed by atoms with Crippen molar-refractivity contribution in [3.63, 3.8) is 0 Å². The summed E-state index contributed by atoms with van der Waals surface area (Å²) >= 11 is 0. The summed E-state index contributed by atoms with van der Waals surface area (Å²) in [4.78, 5) is 4.32. The highest BCUT2D eigenvalue weighted by molar-refractivity contribution is 5.42. The molecule has 14 heavy (non-hydrogen) atoms. The van der Waals surface area contributed by atoms with E-state index in [1.807, 2.05) is 35.9 Å². The summed E-state index contributed by atoms with van der Waals surface area (Å²) in [6, 6.07) is 3.83. The summed E-state index contributed by atoms with van der Waals surface area (Å²) < 4.78 is 7.34. The molecule has 0 aliphatic heterocycles. The van der Waals surface area contributed by atoms with Gasteiger partial charge in [0.2, 0.25) is 0 Å². The summed E-state index contributed by atoms with van der Waals surface area (Å²) in [5, 5.41) is 0. The monoisotopic (exact) mass is 193 g/mol. The third-order valence-electron chi connectivity index (χ3n) is 1.93. The van der Waals surface area contributed by atoms with Crippen LogP contribution in [0.3, 0.4) is 0 Å². The second-order valence-corrected chi connectivity index (χ2v) is 3.15. The van der Waals surface area contributed by atoms with Crippen LogP contribution in [-0.2, 0) is 0 Å². The maximum atomic E-state index is 5.40. The molecule has 2 rings (SSSR count). The van der Waals surface area contributed by atoms with Gasteiger partial charge in [0, 0.05) is 14.2 Å². The molecule has 0 bridgehead atoms. The van der Waals surface area contributed by atoms with Crippen LogP contribution in [0.1, 0.15) is 7.12 Å². The highest BCUT2D eigenvalue weighted by atomic mass is 16.5. The Labute approximate surface area is 83.8 Å². The van der Waals surface area contributed by atoms with E-state index in [4.69, 9.17) is 10.5 Å². The first-order valence-electron chi connectivity index (χ1n) is 4.58. The van der Waals surface area contributed by atoms with Gasteiger partial charge in [0.15, 0.2) is 0 Å². The number of nitrogens with two attached hydrogens (primary N) is 1. The molecule has 0 atom stereocenters. The molecule has 2 aromatic rings. The summed E-state index contributed by atoms with van der Waals surface area (Å²) in [5.74, 6) is 0.820. The number of aryl methyl sites for hydroxylation is 1. The molecule has 0 unspecified atom stereocenters. The quantitative estimate of drug-likeness (QED) is 0.797. The lowest BCUT2D eigenvalue weighted by Crippen LogP contribution is -2.10. The molecule has 0 aliphatic carbocycles. The molecule has 0 aromatic carbocycles. The van der Waals surface area contributed by atoms with Crippen LogP contribution in [0, 0.1) is 6.92 Å². The fourth-order valence-corrected chi connectivity index (χ4v) is 1.36. The van der Waals surface area contributed by atoms with E-state index >= 15 is 0 Å². The van der Waals surface area contributed by atoms with Gasteiger partial charge in [0.05, 0.1) is 11.9 Å². The van der Waals surface area contributed by atoms with Crippen molar-refractivity contribution in [3.8, 4) is 5.75 Å². The molecule has 76 valence electrons. The minimum atomic E-state index is 0. The Morgan fingerprint density at radius 1 is 1.50 bits per heavy atom. The van der Waals surface area contributed by atoms with E-state index in [0.29, 0.717) is 13.2 Å². The first-order chi connectivity index (χ1) is 6.79. The lowest BCUT2D eigenvalue weighted by molar-refractivity contribution is 0.326. The molecule has 0 saturated heterocycles. The van der Waals surface area contributed by atoms with Crippen molar-refractivity contribution in [3.05, 3.63) is 30.2 Å². The Bertz CT molecular complexity index is 441. The molecule has 2 N–H and O–H groups in total. The minimum absolute atomic E-state index is 0. The van der Waals surface area contributed by atoms with E-state index in [-0.39, 0.29) is 1.43 Å². The fraction of sp³-hybridized carbons (Fsp3) is 0.300. The van der Waals surface area contributed by atoms with Crippen molar-refractivity contribution < 1.29 is 6.16 Å². The van der Waals surface area contributed by atoms with Crippen LogP contribution >= 0.6 is 0 Å². The van der Waals surface area contributed by atoms with Crippen molar-refractivity contribution in [2.24, 2.45) is 5.73 Å². The van der Waals surface area contributed by atoms with Crippen molar-refractivity contribution in [1.82, 2.24) is 9.38 Å². The third kappa shape index (κ3) is 1.70. The van der Waals surface area contributed by atoms with Crippen LogP contribution in [0.15, 0.2) is 24.5 Å². The molecule has 2 heterocycles. The van der Waals surface area contributed by atoms with Crippen LogP contribution < -0.4 is 10.5 Å². The Kier molecular flexibility index (Phi) is 2.37. The molecular formula is C10H15N3O. The number of hydrogen-bond acceptors (Lipinski definition) is 3. The predicted molar refractivity (Wildman–Crippen MR) is 56.6 cm³/mol. The van der Waals surface area contributed by atoms with Crippen molar-refractivity contribution in [2.75, 3.05) is 13.2 Å². The minimum Gasteiger partial charge on any atom is -0.491 e. The van der Waals surface area contributed by atoms with Crippen molar-refractivity contribution in [2.45, 2.75) is 6.92 Å². The molecule has 0 fully saturated rings. The van der Waals surface area contributed by atoms with Gasteiger partial charge in [-0.15, -0.1) is 0 Å². The topological polar surface area (TPSA) is 52.5 Å². The Morgan fingerprint density at radius 3 is 3.14 bits per heavy atom. The van der Waals surface area contributed by atoms with Crippen LogP contribution in [0.2, 0.25) is 0 Å². The van der Waals surface area contributed by atoms with Crippen molar-refractivity contribution >= 4 is 5.65 Å². The van der Waals surface area contributed by atoms with Crippen LogP contribution in [-0.4, -0.2) is 22.5 Å². The second kappa shape index (κ2) is 3.67. The molecule has 0 amide bonds. The molecule has 4 nitrogen and oxygen atoms in total. The van der Waals surface area contributed by atoms with Crippen LogP contribution in [0.5, 0.6) is 5.75 Å². The number of imidazole rings is 1. The van der Waals surface area contributed by atoms with Gasteiger partial charge in [-0.25, -0.2) is 4.98 Å². The first kappa shape index (κ1) is 9.02. The molecule has 2 aromatic heterocycles. The predicted octanol–water partition coefficient (Wildman–Crippen LogP) is 1.23. The van der Waals surface area contributed by atoms with E-state index in [1.54, 1.807) is 0 Å². The second-order valence-electron chi connectivity index (χ2n) is 3.15. The Hall–Kier alpha value is -1.55. The highest BCUT2D eigenvalue weighted by Crippen LogP contribution is 2.13. The molecule has 0 spiro atoms. The van der Waals surface area contributed by atoms with E-state index in [0.717, 1.165) is 17.1 Å². The van der Waals surface area contributed by atoms with E-state index in [1.165, 1.54) is 0 Å². The molecule has 0 aliphatic rings. The molecule has 4 heteroatoms. The lowest BCUT2D eigenvalue weighted by atomic mass is 10.4. The highest BCUT2D eigenvalue weighted by Gasteiger charge is 1.98. The number of rotatable bonds is 3. The largest absolute Gasteiger partial charge is 0.491 e. The van der Waals surface area contributed by atoms with Gasteiger partial charge in [0.1, 0.15) is 18.0 Å². The maximum Gasteiger partial charge on any atom is 0.137 e. The average Bonchev–Trinajstić information content (AvgIpc) is 2.54. The van der Waals surface area contributed by atoms with E-state index in [9.17, 15) is 0 Å².